The minimum atomic E-state index is 0.565. The molecule has 0 unspecified atom stereocenters. The number of halogens is 2. The van der Waals surface area contributed by atoms with Crippen LogP contribution in [0, 0.1) is 3.57 Å². The standard InChI is InChI=1S/C9H7ClINS/c10-4-6-3-5-1-2-7(11)8(12)9(5)13-6/h1-3H,4,12H2. The fraction of sp³-hybridized carbons (Fsp3) is 0.111. The van der Waals surface area contributed by atoms with Gasteiger partial charge in [-0.2, -0.15) is 0 Å². The number of hydrogen-bond donors (Lipinski definition) is 1. The molecule has 2 aromatic rings. The fourth-order valence-corrected chi connectivity index (χ4v) is 3.06. The summed E-state index contributed by atoms with van der Waals surface area (Å²) in [4.78, 5) is 1.17. The lowest BCUT2D eigenvalue weighted by Crippen LogP contribution is -1.87. The number of nitrogens with two attached hydrogens (primary N) is 1. The van der Waals surface area contributed by atoms with Crippen molar-refractivity contribution in [2.75, 3.05) is 5.73 Å². The molecule has 2 rings (SSSR count). The average Bonchev–Trinajstić information content (AvgIpc) is 2.55. The number of fused-ring (bicyclic) bond motifs is 1. The summed E-state index contributed by atoms with van der Waals surface area (Å²) in [6.45, 7) is 0. The average molecular weight is 324 g/mol. The van der Waals surface area contributed by atoms with Gasteiger partial charge in [0.25, 0.3) is 0 Å². The third-order valence-electron chi connectivity index (χ3n) is 1.85. The normalized spacial score (nSPS) is 10.9. The van der Waals surface area contributed by atoms with E-state index >= 15 is 0 Å². The van der Waals surface area contributed by atoms with Gasteiger partial charge in [-0.3, -0.25) is 0 Å². The van der Waals surface area contributed by atoms with Crippen LogP contribution in [0.1, 0.15) is 4.88 Å². The monoisotopic (exact) mass is 323 g/mol. The molecule has 1 aromatic carbocycles. The van der Waals surface area contributed by atoms with E-state index in [9.17, 15) is 0 Å². The molecule has 0 aliphatic rings. The molecule has 0 spiro atoms. The van der Waals surface area contributed by atoms with E-state index in [2.05, 4.69) is 34.7 Å². The SMILES string of the molecule is Nc1c(I)ccc2cc(CCl)sc12. The molecule has 0 atom stereocenters. The van der Waals surface area contributed by atoms with Gasteiger partial charge in [-0.25, -0.2) is 0 Å². The van der Waals surface area contributed by atoms with Gasteiger partial charge in [0.1, 0.15) is 0 Å². The van der Waals surface area contributed by atoms with Gasteiger partial charge in [-0.15, -0.1) is 22.9 Å². The van der Waals surface area contributed by atoms with Crippen molar-refractivity contribution in [1.29, 1.82) is 0 Å². The summed E-state index contributed by atoms with van der Waals surface area (Å²) >= 11 is 9.68. The van der Waals surface area contributed by atoms with E-state index in [0.717, 1.165) is 14.0 Å². The Morgan fingerprint density at radius 2 is 2.23 bits per heavy atom. The van der Waals surface area contributed by atoms with Crippen molar-refractivity contribution < 1.29 is 0 Å². The first kappa shape index (κ1) is 9.55. The van der Waals surface area contributed by atoms with Crippen LogP contribution in [0.15, 0.2) is 18.2 Å². The van der Waals surface area contributed by atoms with Crippen molar-refractivity contribution in [3.63, 3.8) is 0 Å². The maximum Gasteiger partial charge on any atom is 0.0631 e. The summed E-state index contributed by atoms with van der Waals surface area (Å²) in [6.07, 6.45) is 0. The maximum atomic E-state index is 5.95. The number of anilines is 1. The summed E-state index contributed by atoms with van der Waals surface area (Å²) in [5, 5.41) is 1.19. The highest BCUT2D eigenvalue weighted by molar-refractivity contribution is 14.1. The highest BCUT2D eigenvalue weighted by Crippen LogP contribution is 2.33. The molecule has 1 heterocycles. The van der Waals surface area contributed by atoms with Gasteiger partial charge >= 0.3 is 0 Å². The van der Waals surface area contributed by atoms with Crippen molar-refractivity contribution in [3.8, 4) is 0 Å². The van der Waals surface area contributed by atoms with Crippen molar-refractivity contribution in [1.82, 2.24) is 0 Å². The number of alkyl halides is 1. The van der Waals surface area contributed by atoms with E-state index in [4.69, 9.17) is 17.3 Å². The molecule has 0 fully saturated rings. The molecular formula is C9H7ClINS. The Kier molecular flexibility index (Phi) is 2.67. The van der Waals surface area contributed by atoms with Gasteiger partial charge in [-0.1, -0.05) is 6.07 Å². The maximum absolute atomic E-state index is 5.95. The predicted octanol–water partition coefficient (Wildman–Crippen LogP) is 3.83. The first-order chi connectivity index (χ1) is 6.22. The van der Waals surface area contributed by atoms with Gasteiger partial charge in [0, 0.05) is 8.45 Å². The van der Waals surface area contributed by atoms with Gasteiger partial charge < -0.3 is 5.73 Å². The Morgan fingerprint density at radius 1 is 1.46 bits per heavy atom. The van der Waals surface area contributed by atoms with Crippen LogP contribution in [0.2, 0.25) is 0 Å². The molecular weight excluding hydrogens is 317 g/mol. The summed E-state index contributed by atoms with van der Waals surface area (Å²) in [6, 6.07) is 6.21. The second kappa shape index (κ2) is 3.63. The van der Waals surface area contributed by atoms with Crippen molar-refractivity contribution in [3.05, 3.63) is 26.6 Å². The van der Waals surface area contributed by atoms with E-state index in [1.165, 1.54) is 10.3 Å². The third-order valence-corrected chi connectivity index (χ3v) is 4.43. The van der Waals surface area contributed by atoms with Crippen LogP contribution in [0.4, 0.5) is 5.69 Å². The number of benzene rings is 1. The number of hydrogen-bond acceptors (Lipinski definition) is 2. The molecule has 0 aliphatic carbocycles. The van der Waals surface area contributed by atoms with Crippen LogP contribution in [0.5, 0.6) is 0 Å². The molecule has 2 N–H and O–H groups in total. The van der Waals surface area contributed by atoms with Gasteiger partial charge in [0.15, 0.2) is 0 Å². The van der Waals surface area contributed by atoms with Crippen LogP contribution < -0.4 is 5.73 Å². The molecule has 0 amide bonds. The molecule has 0 radical (unpaired) electrons. The lowest BCUT2D eigenvalue weighted by atomic mass is 10.2. The summed E-state index contributed by atoms with van der Waals surface area (Å²) in [5.41, 5.74) is 6.82. The van der Waals surface area contributed by atoms with E-state index in [1.807, 2.05) is 6.07 Å². The lowest BCUT2D eigenvalue weighted by molar-refractivity contribution is 1.54. The highest BCUT2D eigenvalue weighted by Gasteiger charge is 2.06. The van der Waals surface area contributed by atoms with E-state index < -0.39 is 0 Å². The number of nitrogen functional groups attached to an aromatic ring is 1. The second-order valence-electron chi connectivity index (χ2n) is 2.73. The Bertz CT molecular complexity index is 452. The van der Waals surface area contributed by atoms with Crippen LogP contribution in [0.25, 0.3) is 10.1 Å². The molecule has 0 aliphatic heterocycles. The van der Waals surface area contributed by atoms with Crippen LogP contribution in [0.3, 0.4) is 0 Å². The highest BCUT2D eigenvalue weighted by atomic mass is 127. The number of rotatable bonds is 1. The van der Waals surface area contributed by atoms with Gasteiger partial charge in [0.05, 0.1) is 16.3 Å². The fourth-order valence-electron chi connectivity index (χ4n) is 1.22. The zero-order chi connectivity index (χ0) is 9.42. The first-order valence-electron chi connectivity index (χ1n) is 3.74. The predicted molar refractivity (Wildman–Crippen MR) is 68.5 cm³/mol. The lowest BCUT2D eigenvalue weighted by Gasteiger charge is -1.97. The summed E-state index contributed by atoms with van der Waals surface area (Å²) in [7, 11) is 0. The molecule has 13 heavy (non-hydrogen) atoms. The van der Waals surface area contributed by atoms with Gasteiger partial charge in [-0.05, 0) is 40.1 Å². The topological polar surface area (TPSA) is 26.0 Å². The third kappa shape index (κ3) is 1.65. The quantitative estimate of drug-likeness (QED) is 0.482. The van der Waals surface area contributed by atoms with Crippen molar-refractivity contribution in [2.45, 2.75) is 5.88 Å². The van der Waals surface area contributed by atoms with E-state index in [0.29, 0.717) is 5.88 Å². The molecule has 1 nitrogen and oxygen atoms in total. The molecule has 68 valence electrons. The van der Waals surface area contributed by atoms with Crippen LogP contribution in [-0.2, 0) is 5.88 Å². The van der Waals surface area contributed by atoms with Gasteiger partial charge in [0.2, 0.25) is 0 Å². The largest absolute Gasteiger partial charge is 0.397 e. The molecule has 0 saturated carbocycles. The van der Waals surface area contributed by atoms with E-state index in [1.54, 1.807) is 11.3 Å². The Labute approximate surface area is 99.0 Å². The van der Waals surface area contributed by atoms with Crippen LogP contribution >= 0.6 is 45.5 Å². The van der Waals surface area contributed by atoms with Crippen molar-refractivity contribution in [2.24, 2.45) is 0 Å². The van der Waals surface area contributed by atoms with Crippen LogP contribution in [-0.4, -0.2) is 0 Å². The molecule has 0 bridgehead atoms. The zero-order valence-corrected chi connectivity index (χ0v) is 10.4. The molecule has 4 heteroatoms. The molecule has 1 aromatic heterocycles. The molecule has 0 saturated heterocycles. The zero-order valence-electron chi connectivity index (χ0n) is 6.68. The minimum absolute atomic E-state index is 0.565. The first-order valence-corrected chi connectivity index (χ1v) is 6.17. The summed E-state index contributed by atoms with van der Waals surface area (Å²) in [5.74, 6) is 0.565. The smallest absolute Gasteiger partial charge is 0.0631 e. The Morgan fingerprint density at radius 3 is 2.92 bits per heavy atom. The number of thiophene rings is 1. The van der Waals surface area contributed by atoms with E-state index in [-0.39, 0.29) is 0 Å². The summed E-state index contributed by atoms with van der Waals surface area (Å²) < 4.78 is 2.26. The minimum Gasteiger partial charge on any atom is -0.397 e. The Balaban J connectivity index is 2.76. The second-order valence-corrected chi connectivity index (χ2v) is 5.29. The van der Waals surface area contributed by atoms with Crippen molar-refractivity contribution >= 4 is 61.3 Å². The Hall–Kier alpha value is -0.0000000000000000833.